The molecule has 0 bridgehead atoms. The minimum absolute atomic E-state index is 0.0323. The number of ketones is 1. The Kier molecular flexibility index (Phi) is 6.60. The number of nitrogens with zero attached hydrogens (tertiary/aromatic N) is 4. The summed E-state index contributed by atoms with van der Waals surface area (Å²) < 4.78 is 10.5. The van der Waals surface area contributed by atoms with Gasteiger partial charge in [-0.3, -0.25) is 24.8 Å². The number of aromatic nitrogens is 2. The average molecular weight is 492 g/mol. The number of Topliss-reactive ketones (excluding diaryl/α,β-unsaturated/α-hetero) is 1. The molecule has 2 amide bonds. The number of carbonyl (C=O) groups excluding carboxylic acids is 3. The Labute approximate surface area is 206 Å². The van der Waals surface area contributed by atoms with Gasteiger partial charge in [0.25, 0.3) is 5.91 Å². The number of hydroxylamine groups is 2. The number of pyridine rings is 2. The molecule has 4 heterocycles. The molecule has 36 heavy (non-hydrogen) atoms. The second kappa shape index (κ2) is 10.1. The van der Waals surface area contributed by atoms with Crippen LogP contribution in [0, 0.1) is 0 Å². The quantitative estimate of drug-likeness (QED) is 0.492. The highest BCUT2D eigenvalue weighted by atomic mass is 16.7. The zero-order valence-corrected chi connectivity index (χ0v) is 19.5. The van der Waals surface area contributed by atoms with Crippen molar-refractivity contribution in [1.82, 2.24) is 19.9 Å². The predicted octanol–water partition coefficient (Wildman–Crippen LogP) is 1.93. The van der Waals surface area contributed by atoms with Crippen molar-refractivity contribution in [2.75, 3.05) is 57.1 Å². The molecule has 0 saturated carbocycles. The number of hydrogen-bond acceptors (Lipinski definition) is 10. The Morgan fingerprint density at radius 1 is 1.14 bits per heavy atom. The number of amides is 2. The highest BCUT2D eigenvalue weighted by Crippen LogP contribution is 2.28. The van der Waals surface area contributed by atoms with Gasteiger partial charge < -0.3 is 19.6 Å². The largest absolute Gasteiger partial charge is 0.482 e. The first-order chi connectivity index (χ1) is 17.5. The fraction of sp³-hybridized carbons (Fsp3) is 0.292. The van der Waals surface area contributed by atoms with Crippen LogP contribution in [0.25, 0.3) is 11.0 Å². The number of rotatable bonds is 6. The smallest absolute Gasteiger partial charge is 0.430 e. The van der Waals surface area contributed by atoms with Crippen LogP contribution in [0.15, 0.2) is 42.6 Å². The first-order valence-corrected chi connectivity index (χ1v) is 11.3. The Balaban J connectivity index is 1.13. The molecule has 12 nitrogen and oxygen atoms in total. The van der Waals surface area contributed by atoms with E-state index in [1.54, 1.807) is 47.7 Å². The number of nitrogens with one attached hydrogen (secondary N) is 2. The molecule has 0 aliphatic carbocycles. The van der Waals surface area contributed by atoms with Gasteiger partial charge in [0.1, 0.15) is 11.3 Å². The second-order valence-corrected chi connectivity index (χ2v) is 8.26. The molecular formula is C24H24N6O6. The van der Waals surface area contributed by atoms with Gasteiger partial charge in [-0.2, -0.15) is 0 Å². The Morgan fingerprint density at radius 3 is 2.78 bits per heavy atom. The third-order valence-electron chi connectivity index (χ3n) is 5.85. The number of anilines is 2. The lowest BCUT2D eigenvalue weighted by Gasteiger charge is -2.32. The SMILES string of the molecule is COc1ccc2nccc(NC(=O)ON3CCN(CC(=O)c4ccc5c(c4)NC(=O)CO5)CC3)c2n1. The Hall–Kier alpha value is -4.29. The molecule has 2 N–H and O–H groups in total. The number of hydrogen-bond donors (Lipinski definition) is 2. The van der Waals surface area contributed by atoms with Crippen molar-refractivity contribution >= 4 is 40.2 Å². The summed E-state index contributed by atoms with van der Waals surface area (Å²) in [6.45, 7) is 2.15. The molecule has 3 aromatic rings. The molecule has 5 rings (SSSR count). The van der Waals surface area contributed by atoms with Gasteiger partial charge >= 0.3 is 6.09 Å². The van der Waals surface area contributed by atoms with Crippen LogP contribution in [0.4, 0.5) is 16.2 Å². The van der Waals surface area contributed by atoms with Gasteiger partial charge in [-0.05, 0) is 30.3 Å². The average Bonchev–Trinajstić information content (AvgIpc) is 2.89. The molecular weight excluding hydrogens is 468 g/mol. The molecule has 186 valence electrons. The summed E-state index contributed by atoms with van der Waals surface area (Å²) in [4.78, 5) is 52.8. The third kappa shape index (κ3) is 5.19. The molecule has 12 heteroatoms. The van der Waals surface area contributed by atoms with Crippen molar-refractivity contribution < 1.29 is 28.7 Å². The van der Waals surface area contributed by atoms with Crippen LogP contribution in [0.5, 0.6) is 11.6 Å². The minimum atomic E-state index is -0.644. The van der Waals surface area contributed by atoms with Crippen LogP contribution in [0.3, 0.4) is 0 Å². The summed E-state index contributed by atoms with van der Waals surface area (Å²) in [5, 5.41) is 6.97. The molecule has 2 aromatic heterocycles. The highest BCUT2D eigenvalue weighted by Gasteiger charge is 2.24. The molecule has 0 atom stereocenters. The maximum Gasteiger partial charge on any atom is 0.430 e. The van der Waals surface area contributed by atoms with E-state index >= 15 is 0 Å². The van der Waals surface area contributed by atoms with Gasteiger partial charge in [-0.15, -0.1) is 5.06 Å². The molecule has 0 radical (unpaired) electrons. The van der Waals surface area contributed by atoms with E-state index < -0.39 is 6.09 Å². The van der Waals surface area contributed by atoms with Crippen LogP contribution >= 0.6 is 0 Å². The minimum Gasteiger partial charge on any atom is -0.482 e. The van der Waals surface area contributed by atoms with Gasteiger partial charge in [0.05, 0.1) is 30.5 Å². The summed E-state index contributed by atoms with van der Waals surface area (Å²) in [6.07, 6.45) is 0.931. The summed E-state index contributed by atoms with van der Waals surface area (Å²) >= 11 is 0. The van der Waals surface area contributed by atoms with Crippen molar-refractivity contribution in [2.45, 2.75) is 0 Å². The van der Waals surface area contributed by atoms with Gasteiger partial charge in [-0.25, -0.2) is 9.78 Å². The van der Waals surface area contributed by atoms with Crippen molar-refractivity contribution in [3.05, 3.63) is 48.2 Å². The van der Waals surface area contributed by atoms with Gasteiger partial charge in [0.15, 0.2) is 12.4 Å². The molecule has 2 aliphatic rings. The number of benzene rings is 1. The van der Waals surface area contributed by atoms with Gasteiger partial charge in [0, 0.05) is 44.0 Å². The summed E-state index contributed by atoms with van der Waals surface area (Å²) in [6, 6.07) is 10.1. The van der Waals surface area contributed by atoms with E-state index in [0.29, 0.717) is 65.8 Å². The van der Waals surface area contributed by atoms with Gasteiger partial charge in [0.2, 0.25) is 5.88 Å². The number of carbonyl (C=O) groups is 3. The summed E-state index contributed by atoms with van der Waals surface area (Å²) in [5.74, 6) is 0.633. The van der Waals surface area contributed by atoms with E-state index in [4.69, 9.17) is 14.3 Å². The van der Waals surface area contributed by atoms with Crippen molar-refractivity contribution in [2.24, 2.45) is 0 Å². The number of piperazine rings is 1. The topological polar surface area (TPSA) is 135 Å². The molecule has 0 unspecified atom stereocenters. The maximum absolute atomic E-state index is 12.8. The van der Waals surface area contributed by atoms with E-state index in [2.05, 4.69) is 20.6 Å². The lowest BCUT2D eigenvalue weighted by molar-refractivity contribution is -0.118. The Morgan fingerprint density at radius 2 is 1.97 bits per heavy atom. The van der Waals surface area contributed by atoms with E-state index in [1.165, 1.54) is 7.11 Å². The monoisotopic (exact) mass is 492 g/mol. The summed E-state index contributed by atoms with van der Waals surface area (Å²) in [7, 11) is 1.51. The van der Waals surface area contributed by atoms with Crippen LogP contribution in [0.2, 0.25) is 0 Å². The van der Waals surface area contributed by atoms with Crippen LogP contribution in [-0.4, -0.2) is 84.2 Å². The van der Waals surface area contributed by atoms with Crippen LogP contribution in [-0.2, 0) is 9.63 Å². The lowest BCUT2D eigenvalue weighted by atomic mass is 10.1. The molecule has 1 aromatic carbocycles. The lowest BCUT2D eigenvalue weighted by Crippen LogP contribution is -2.48. The van der Waals surface area contributed by atoms with Gasteiger partial charge in [-0.1, -0.05) is 0 Å². The highest BCUT2D eigenvalue weighted by molar-refractivity contribution is 6.01. The van der Waals surface area contributed by atoms with Crippen LogP contribution < -0.4 is 20.1 Å². The van der Waals surface area contributed by atoms with Crippen LogP contribution in [0.1, 0.15) is 10.4 Å². The zero-order chi connectivity index (χ0) is 25.1. The van der Waals surface area contributed by atoms with Crippen molar-refractivity contribution in [3.8, 4) is 11.6 Å². The molecule has 1 fully saturated rings. The zero-order valence-electron chi connectivity index (χ0n) is 19.5. The normalized spacial score (nSPS) is 16.0. The van der Waals surface area contributed by atoms with E-state index in [0.717, 1.165) is 0 Å². The Bertz CT molecular complexity index is 1320. The fourth-order valence-corrected chi connectivity index (χ4v) is 4.00. The van der Waals surface area contributed by atoms with Crippen molar-refractivity contribution in [3.63, 3.8) is 0 Å². The number of ether oxygens (including phenoxy) is 2. The summed E-state index contributed by atoms with van der Waals surface area (Å²) in [5.41, 5.74) is 2.55. The molecule has 0 spiro atoms. The molecule has 2 aliphatic heterocycles. The second-order valence-electron chi connectivity index (χ2n) is 8.26. The van der Waals surface area contributed by atoms with E-state index in [9.17, 15) is 14.4 Å². The number of methoxy groups -OCH3 is 1. The standard InChI is InChI=1S/C24H24N6O6/c1-34-22-5-3-16-23(28-22)17(6-7-25-16)27-24(33)36-30-10-8-29(9-11-30)13-19(31)15-2-4-20-18(12-15)26-21(32)14-35-20/h2-7,12H,8-11,13-14H2,1H3,(H,26,32)(H,25,27,33). The fourth-order valence-electron chi connectivity index (χ4n) is 4.00. The predicted molar refractivity (Wildman–Crippen MR) is 129 cm³/mol. The first-order valence-electron chi connectivity index (χ1n) is 11.3. The third-order valence-corrected chi connectivity index (χ3v) is 5.85. The number of fused-ring (bicyclic) bond motifs is 2. The van der Waals surface area contributed by atoms with E-state index in [-0.39, 0.29) is 24.8 Å². The maximum atomic E-state index is 12.8. The first kappa shape index (κ1) is 23.5. The van der Waals surface area contributed by atoms with Crippen molar-refractivity contribution in [1.29, 1.82) is 0 Å². The van der Waals surface area contributed by atoms with E-state index in [1.807, 2.05) is 4.90 Å². The molecule has 1 saturated heterocycles.